The molecular weight excluding hydrogens is 440 g/mol. The zero-order valence-electron chi connectivity index (χ0n) is 19.2. The number of ether oxygens (including phenoxy) is 1. The molecule has 0 spiro atoms. The third-order valence-electron chi connectivity index (χ3n) is 6.16. The van der Waals surface area contributed by atoms with Crippen molar-refractivity contribution in [2.24, 2.45) is 0 Å². The number of hydrogen-bond donors (Lipinski definition) is 2. The van der Waals surface area contributed by atoms with Crippen LogP contribution in [0.1, 0.15) is 34.8 Å². The predicted octanol–water partition coefficient (Wildman–Crippen LogP) is 1.85. The highest BCUT2D eigenvalue weighted by Gasteiger charge is 2.30. The minimum absolute atomic E-state index is 0.0140. The number of hydrogen-bond acceptors (Lipinski definition) is 6. The lowest BCUT2D eigenvalue weighted by Crippen LogP contribution is -2.47. The average molecular weight is 473 g/mol. The van der Waals surface area contributed by atoms with Gasteiger partial charge in [-0.25, -0.2) is 13.1 Å². The van der Waals surface area contributed by atoms with Crippen molar-refractivity contribution in [2.45, 2.75) is 29.8 Å². The predicted molar refractivity (Wildman–Crippen MR) is 127 cm³/mol. The second-order valence-electron chi connectivity index (χ2n) is 8.80. The van der Waals surface area contributed by atoms with Gasteiger partial charge < -0.3 is 15.0 Å². The summed E-state index contributed by atoms with van der Waals surface area (Å²) in [5.74, 6) is -0.0970. The van der Waals surface area contributed by atoms with E-state index in [4.69, 9.17) is 4.74 Å². The van der Waals surface area contributed by atoms with Crippen molar-refractivity contribution in [3.8, 4) is 5.75 Å². The number of methoxy groups -OCH3 is 1. The fourth-order valence-electron chi connectivity index (χ4n) is 3.96. The lowest BCUT2D eigenvalue weighted by Gasteiger charge is -2.35. The Morgan fingerprint density at radius 3 is 2.42 bits per heavy atom. The van der Waals surface area contributed by atoms with Crippen LogP contribution in [0, 0.1) is 0 Å². The van der Waals surface area contributed by atoms with Gasteiger partial charge in [0.25, 0.3) is 5.91 Å². The number of rotatable bonds is 9. The van der Waals surface area contributed by atoms with Gasteiger partial charge in [0.05, 0.1) is 13.2 Å². The van der Waals surface area contributed by atoms with Crippen molar-refractivity contribution in [3.05, 3.63) is 59.7 Å². The third kappa shape index (κ3) is 6.11. The summed E-state index contributed by atoms with van der Waals surface area (Å²) in [6.45, 7) is 4.54. The van der Waals surface area contributed by atoms with Gasteiger partial charge in [-0.05, 0) is 43.7 Å². The summed E-state index contributed by atoms with van der Waals surface area (Å²) in [6.07, 6.45) is 1.65. The molecule has 1 unspecified atom stereocenters. The van der Waals surface area contributed by atoms with E-state index in [-0.39, 0.29) is 34.2 Å². The molecule has 8 nitrogen and oxygen atoms in total. The first kappa shape index (κ1) is 23.7. The van der Waals surface area contributed by atoms with Crippen LogP contribution < -0.4 is 14.8 Å². The molecule has 1 saturated carbocycles. The number of likely N-dealkylation sites (N-methyl/N-ethyl adjacent to an activating group) is 1. The van der Waals surface area contributed by atoms with Gasteiger partial charge in [-0.1, -0.05) is 30.3 Å². The lowest BCUT2D eigenvalue weighted by atomic mass is 10.0. The van der Waals surface area contributed by atoms with Crippen LogP contribution in [0.2, 0.25) is 0 Å². The maximum Gasteiger partial charge on any atom is 0.251 e. The first-order valence-electron chi connectivity index (χ1n) is 11.3. The fraction of sp³-hybridized carbons (Fsp3) is 0.458. The van der Waals surface area contributed by atoms with Crippen LogP contribution in [0.5, 0.6) is 5.75 Å². The van der Waals surface area contributed by atoms with Gasteiger partial charge in [0.15, 0.2) is 0 Å². The summed E-state index contributed by atoms with van der Waals surface area (Å²) in [7, 11) is -0.237. The van der Waals surface area contributed by atoms with Gasteiger partial charge >= 0.3 is 0 Å². The maximum absolute atomic E-state index is 13.2. The maximum atomic E-state index is 13.2. The number of carbonyl (C=O) groups is 1. The number of benzene rings is 2. The molecule has 1 heterocycles. The number of amides is 1. The minimum Gasteiger partial charge on any atom is -0.495 e. The monoisotopic (exact) mass is 472 g/mol. The molecule has 0 aromatic heterocycles. The molecule has 1 aliphatic carbocycles. The molecule has 9 heteroatoms. The quantitative estimate of drug-likeness (QED) is 0.579. The van der Waals surface area contributed by atoms with Gasteiger partial charge in [-0.2, -0.15) is 0 Å². The molecule has 0 radical (unpaired) electrons. The number of nitrogens with one attached hydrogen (secondary N) is 2. The molecule has 1 amide bonds. The molecule has 2 fully saturated rings. The zero-order valence-corrected chi connectivity index (χ0v) is 20.0. The second kappa shape index (κ2) is 10.2. The Balaban J connectivity index is 1.55. The highest BCUT2D eigenvalue weighted by molar-refractivity contribution is 7.89. The summed E-state index contributed by atoms with van der Waals surface area (Å²) in [6, 6.07) is 14.2. The fourth-order valence-corrected chi connectivity index (χ4v) is 5.46. The Morgan fingerprint density at radius 1 is 1.09 bits per heavy atom. The van der Waals surface area contributed by atoms with Crippen LogP contribution in [0.4, 0.5) is 0 Å². The van der Waals surface area contributed by atoms with Crippen molar-refractivity contribution >= 4 is 15.9 Å². The Bertz CT molecular complexity index is 1070. The first-order valence-corrected chi connectivity index (χ1v) is 12.8. The summed E-state index contributed by atoms with van der Waals surface area (Å²) in [5.41, 5.74) is 1.30. The first-order chi connectivity index (χ1) is 15.9. The van der Waals surface area contributed by atoms with Crippen LogP contribution >= 0.6 is 0 Å². The number of sulfonamides is 1. The molecule has 2 aromatic rings. The molecule has 178 valence electrons. The van der Waals surface area contributed by atoms with E-state index < -0.39 is 10.0 Å². The van der Waals surface area contributed by atoms with E-state index in [0.29, 0.717) is 6.54 Å². The van der Waals surface area contributed by atoms with Crippen LogP contribution in [0.15, 0.2) is 53.4 Å². The third-order valence-corrected chi connectivity index (χ3v) is 7.70. The zero-order chi connectivity index (χ0) is 23.4. The summed E-state index contributed by atoms with van der Waals surface area (Å²) in [5, 5.41) is 3.13. The molecule has 1 atom stereocenters. The highest BCUT2D eigenvalue weighted by atomic mass is 32.2. The summed E-state index contributed by atoms with van der Waals surface area (Å²) >= 11 is 0. The van der Waals surface area contributed by atoms with Crippen molar-refractivity contribution in [1.29, 1.82) is 0 Å². The van der Waals surface area contributed by atoms with Gasteiger partial charge in [0.2, 0.25) is 10.0 Å². The van der Waals surface area contributed by atoms with E-state index in [1.54, 1.807) is 6.07 Å². The largest absolute Gasteiger partial charge is 0.495 e. The van der Waals surface area contributed by atoms with Crippen LogP contribution in [0.25, 0.3) is 0 Å². The second-order valence-corrected chi connectivity index (χ2v) is 10.5. The van der Waals surface area contributed by atoms with E-state index in [2.05, 4.69) is 26.9 Å². The SMILES string of the molecule is COc1ccc(C(=O)NC(CN2CCN(C)CC2)c2ccccc2)cc1S(=O)(=O)NC1CC1. The van der Waals surface area contributed by atoms with Crippen molar-refractivity contribution in [2.75, 3.05) is 46.9 Å². The smallest absolute Gasteiger partial charge is 0.251 e. The van der Waals surface area contributed by atoms with E-state index >= 15 is 0 Å². The molecule has 4 rings (SSSR count). The molecule has 33 heavy (non-hydrogen) atoms. The van der Waals surface area contributed by atoms with Gasteiger partial charge in [-0.15, -0.1) is 0 Å². The van der Waals surface area contributed by atoms with Crippen LogP contribution in [-0.2, 0) is 10.0 Å². The topological polar surface area (TPSA) is 91.0 Å². The van der Waals surface area contributed by atoms with Gasteiger partial charge in [-0.3, -0.25) is 9.69 Å². The van der Waals surface area contributed by atoms with Crippen molar-refractivity contribution < 1.29 is 17.9 Å². The Hall–Kier alpha value is -2.46. The Kier molecular flexibility index (Phi) is 7.33. The summed E-state index contributed by atoms with van der Waals surface area (Å²) in [4.78, 5) is 17.9. The normalized spacial score (nSPS) is 18.6. The molecule has 0 bridgehead atoms. The van der Waals surface area contributed by atoms with E-state index in [1.807, 2.05) is 30.3 Å². The van der Waals surface area contributed by atoms with Crippen molar-refractivity contribution in [1.82, 2.24) is 19.8 Å². The number of piperazine rings is 1. The number of nitrogens with zero attached hydrogens (tertiary/aromatic N) is 2. The van der Waals surface area contributed by atoms with Crippen LogP contribution in [0.3, 0.4) is 0 Å². The van der Waals surface area contributed by atoms with E-state index in [9.17, 15) is 13.2 Å². The summed E-state index contributed by atoms with van der Waals surface area (Å²) < 4.78 is 33.6. The van der Waals surface area contributed by atoms with Gasteiger partial charge in [0, 0.05) is 44.3 Å². The minimum atomic E-state index is -3.77. The Morgan fingerprint density at radius 2 is 1.79 bits per heavy atom. The lowest BCUT2D eigenvalue weighted by molar-refractivity contribution is 0.0907. The molecule has 2 aliphatic rings. The highest BCUT2D eigenvalue weighted by Crippen LogP contribution is 2.28. The van der Waals surface area contributed by atoms with Gasteiger partial charge in [0.1, 0.15) is 10.6 Å². The van der Waals surface area contributed by atoms with E-state index in [1.165, 1.54) is 19.2 Å². The number of carbonyl (C=O) groups excluding carboxylic acids is 1. The molecular formula is C24H32N4O4S. The average Bonchev–Trinajstić information content (AvgIpc) is 3.63. The van der Waals surface area contributed by atoms with E-state index in [0.717, 1.165) is 44.6 Å². The standard InChI is InChI=1S/C24H32N4O4S/c1-27-12-14-28(15-13-27)17-21(18-6-4-3-5-7-18)25-24(29)19-8-11-22(32-2)23(16-19)33(30,31)26-20-9-10-20/h3-8,11,16,20-21,26H,9-10,12-15,17H2,1-2H3,(H,25,29). The molecule has 2 N–H and O–H groups in total. The van der Waals surface area contributed by atoms with Crippen LogP contribution in [-0.4, -0.2) is 77.0 Å². The molecule has 2 aromatic carbocycles. The Labute approximate surface area is 196 Å². The van der Waals surface area contributed by atoms with Crippen molar-refractivity contribution in [3.63, 3.8) is 0 Å². The molecule has 1 aliphatic heterocycles. The molecule has 1 saturated heterocycles.